The molecule has 0 bridgehead atoms. The zero-order chi connectivity index (χ0) is 5.49. The average molecular weight is 122 g/mol. The van der Waals surface area contributed by atoms with Crippen molar-refractivity contribution in [3.63, 3.8) is 0 Å². The van der Waals surface area contributed by atoms with Gasteiger partial charge in [-0.3, -0.25) is 4.55 Å². The van der Waals surface area contributed by atoms with Crippen LogP contribution in [0, 0.1) is 0 Å². The third-order valence-corrected chi connectivity index (χ3v) is 1.12. The molecule has 0 atom stereocenters. The fourth-order valence-electron chi connectivity index (χ4n) is 0.138. The van der Waals surface area contributed by atoms with E-state index >= 15 is 0 Å². The van der Waals surface area contributed by atoms with Gasteiger partial charge in [0.2, 0.25) is 0 Å². The van der Waals surface area contributed by atoms with Crippen molar-refractivity contribution >= 4 is 15.3 Å². The van der Waals surface area contributed by atoms with Crippen LogP contribution in [0.3, 0.4) is 0 Å². The Kier molecular flexibility index (Phi) is 0.621. The zero-order valence-corrected chi connectivity index (χ0v) is 3.94. The Bertz CT molecular complexity index is 201. The van der Waals surface area contributed by atoms with Gasteiger partial charge in [0, 0.05) is 0 Å². The van der Waals surface area contributed by atoms with Crippen LogP contribution in [0.4, 0.5) is 0 Å². The molecule has 1 aliphatic heterocycles. The summed E-state index contributed by atoms with van der Waals surface area (Å²) in [5, 5.41) is 2.65. The molecular weight excluding hydrogens is 120 g/mol. The van der Waals surface area contributed by atoms with Crippen LogP contribution in [-0.4, -0.2) is 18.1 Å². The van der Waals surface area contributed by atoms with Gasteiger partial charge in [0.1, 0.15) is 0 Å². The molecule has 7 heavy (non-hydrogen) atoms. The summed E-state index contributed by atoms with van der Waals surface area (Å²) in [6.45, 7) is 0. The highest BCUT2D eigenvalue weighted by atomic mass is 32.2. The van der Waals surface area contributed by atoms with Crippen molar-refractivity contribution in [1.82, 2.24) is 5.43 Å². The second-order valence-electron chi connectivity index (χ2n) is 1.00. The molecule has 6 heteroatoms. The Morgan fingerprint density at radius 3 is 2.14 bits per heavy atom. The molecule has 0 saturated heterocycles. The van der Waals surface area contributed by atoms with Crippen molar-refractivity contribution in [3.8, 4) is 0 Å². The van der Waals surface area contributed by atoms with Gasteiger partial charge in [-0.15, -0.1) is 5.10 Å². The smallest absolute Gasteiger partial charge is 0.279 e. The molecule has 0 aliphatic carbocycles. The van der Waals surface area contributed by atoms with E-state index in [1.165, 1.54) is 0 Å². The first-order chi connectivity index (χ1) is 3.11. The summed E-state index contributed by atoms with van der Waals surface area (Å²) < 4.78 is 27.4. The van der Waals surface area contributed by atoms with Gasteiger partial charge in [-0.1, -0.05) is 0 Å². The molecule has 0 unspecified atom stereocenters. The molecule has 0 aromatic carbocycles. The van der Waals surface area contributed by atoms with Gasteiger partial charge in [0.25, 0.3) is 5.17 Å². The number of hydrogen-bond donors (Lipinski definition) is 2. The van der Waals surface area contributed by atoms with Gasteiger partial charge in [-0.25, -0.2) is 5.43 Å². The molecule has 1 rings (SSSR count). The molecule has 0 saturated carbocycles. The summed E-state index contributed by atoms with van der Waals surface area (Å²) >= 11 is 0. The minimum atomic E-state index is -3.99. The van der Waals surface area contributed by atoms with Crippen LogP contribution in [0.25, 0.3) is 0 Å². The first kappa shape index (κ1) is 4.54. The fraction of sp³-hybridized carbons (Fsp3) is 0. The summed E-state index contributed by atoms with van der Waals surface area (Å²) in [6, 6.07) is 0. The van der Waals surface area contributed by atoms with Gasteiger partial charge in [-0.2, -0.15) is 8.42 Å². The number of rotatable bonds is 0. The maximum atomic E-state index is 9.76. The number of nitrogens with zero attached hydrogens (tertiary/aromatic N) is 1. The standard InChI is InChI=1S/CH2N2O3S/c4-7(5,6)1-2-3-1/h(H,2,3)(H,4,5,6). The van der Waals surface area contributed by atoms with Crippen molar-refractivity contribution in [1.29, 1.82) is 0 Å². The van der Waals surface area contributed by atoms with Crippen molar-refractivity contribution in [2.24, 2.45) is 5.10 Å². The maximum Gasteiger partial charge on any atom is 0.331 e. The molecule has 1 aliphatic rings. The lowest BCUT2D eigenvalue weighted by atomic mass is 11.5. The SMILES string of the molecule is O=S(=O)(O)C1=NN1. The minimum absolute atomic E-state index is 0.354. The highest BCUT2D eigenvalue weighted by molar-refractivity contribution is 8.01. The number of hydrazone groups is 1. The van der Waals surface area contributed by atoms with Gasteiger partial charge in [0.15, 0.2) is 0 Å². The molecule has 0 aromatic heterocycles. The topological polar surface area (TPSA) is 88.7 Å². The van der Waals surface area contributed by atoms with E-state index in [9.17, 15) is 8.42 Å². The van der Waals surface area contributed by atoms with Crippen LogP contribution in [0.5, 0.6) is 0 Å². The molecule has 0 spiro atoms. The van der Waals surface area contributed by atoms with Gasteiger partial charge >= 0.3 is 10.1 Å². The number of amidine groups is 1. The van der Waals surface area contributed by atoms with Crippen LogP contribution in [-0.2, 0) is 10.1 Å². The first-order valence-electron chi connectivity index (χ1n) is 1.42. The van der Waals surface area contributed by atoms with E-state index in [4.69, 9.17) is 4.55 Å². The number of hydrogen-bond acceptors (Lipinski definition) is 4. The van der Waals surface area contributed by atoms with Crippen molar-refractivity contribution in [2.75, 3.05) is 0 Å². The average Bonchev–Trinajstić information content (AvgIpc) is 1.99. The number of nitrogens with one attached hydrogen (secondary N) is 1. The molecule has 1 heterocycles. The van der Waals surface area contributed by atoms with E-state index in [0.717, 1.165) is 0 Å². The van der Waals surface area contributed by atoms with Gasteiger partial charge in [-0.05, 0) is 0 Å². The van der Waals surface area contributed by atoms with E-state index < -0.39 is 10.1 Å². The molecule has 40 valence electrons. The van der Waals surface area contributed by atoms with Gasteiger partial charge in [0.05, 0.1) is 0 Å². The summed E-state index contributed by atoms with van der Waals surface area (Å²) in [5.41, 5.74) is 1.98. The first-order valence-corrected chi connectivity index (χ1v) is 2.86. The van der Waals surface area contributed by atoms with E-state index in [0.29, 0.717) is 0 Å². The Morgan fingerprint density at radius 2 is 2.14 bits per heavy atom. The Morgan fingerprint density at radius 1 is 1.71 bits per heavy atom. The van der Waals surface area contributed by atoms with Gasteiger partial charge < -0.3 is 0 Å². The summed E-state index contributed by atoms with van der Waals surface area (Å²) in [6.07, 6.45) is 0. The second kappa shape index (κ2) is 0.958. The Hall–Kier alpha value is -0.620. The molecule has 0 radical (unpaired) electrons. The third kappa shape index (κ3) is 0.875. The lowest BCUT2D eigenvalue weighted by molar-refractivity contribution is 0.498. The summed E-state index contributed by atoms with van der Waals surface area (Å²) in [7, 11) is -3.99. The van der Waals surface area contributed by atoms with E-state index in [1.54, 1.807) is 0 Å². The molecule has 2 N–H and O–H groups in total. The maximum absolute atomic E-state index is 9.76. The summed E-state index contributed by atoms with van der Waals surface area (Å²) in [5.74, 6) is 0. The third-order valence-electron chi connectivity index (χ3n) is 0.447. The highest BCUT2D eigenvalue weighted by Crippen LogP contribution is 1.93. The zero-order valence-electron chi connectivity index (χ0n) is 3.12. The van der Waals surface area contributed by atoms with Crippen LogP contribution in [0.15, 0.2) is 5.10 Å². The summed E-state index contributed by atoms with van der Waals surface area (Å²) in [4.78, 5) is 0. The van der Waals surface area contributed by atoms with Crippen molar-refractivity contribution < 1.29 is 13.0 Å². The molecule has 0 amide bonds. The Labute approximate surface area is 39.8 Å². The normalized spacial score (nSPS) is 17.6. The quantitative estimate of drug-likeness (QED) is 0.393. The van der Waals surface area contributed by atoms with Crippen LogP contribution in [0.2, 0.25) is 0 Å². The molecule has 0 fully saturated rings. The fourth-order valence-corrected chi connectivity index (χ4v) is 0.415. The van der Waals surface area contributed by atoms with Crippen molar-refractivity contribution in [3.05, 3.63) is 0 Å². The Balaban J connectivity index is 2.93. The van der Waals surface area contributed by atoms with Crippen LogP contribution in [0.1, 0.15) is 0 Å². The molecular formula is CH2N2O3S. The molecule has 0 aromatic rings. The van der Waals surface area contributed by atoms with Crippen LogP contribution < -0.4 is 5.43 Å². The van der Waals surface area contributed by atoms with E-state index in [1.807, 2.05) is 5.43 Å². The highest BCUT2D eigenvalue weighted by Gasteiger charge is 2.24. The lowest BCUT2D eigenvalue weighted by Gasteiger charge is -1.74. The predicted molar refractivity (Wildman–Crippen MR) is 22.1 cm³/mol. The van der Waals surface area contributed by atoms with Crippen molar-refractivity contribution in [2.45, 2.75) is 0 Å². The monoisotopic (exact) mass is 122 g/mol. The van der Waals surface area contributed by atoms with Crippen LogP contribution >= 0.6 is 0 Å². The largest absolute Gasteiger partial charge is 0.331 e. The predicted octanol–water partition coefficient (Wildman–Crippen LogP) is -1.25. The second-order valence-corrected chi connectivity index (χ2v) is 2.34. The minimum Gasteiger partial charge on any atom is -0.279 e. The lowest BCUT2D eigenvalue weighted by Crippen LogP contribution is -2.07. The van der Waals surface area contributed by atoms with E-state index in [-0.39, 0.29) is 5.17 Å². The molecule has 5 nitrogen and oxygen atoms in total. The van der Waals surface area contributed by atoms with E-state index in [2.05, 4.69) is 5.10 Å².